The summed E-state index contributed by atoms with van der Waals surface area (Å²) in [5.74, 6) is -0.442. The summed E-state index contributed by atoms with van der Waals surface area (Å²) in [5, 5.41) is 0. The molecule has 0 fully saturated rings. The van der Waals surface area contributed by atoms with E-state index >= 15 is 0 Å². The molecule has 0 atom stereocenters. The van der Waals surface area contributed by atoms with Gasteiger partial charge >= 0.3 is 5.97 Å². The summed E-state index contributed by atoms with van der Waals surface area (Å²) in [4.78, 5) is 38.3. The first-order valence-electron chi connectivity index (χ1n) is 7.57. The van der Waals surface area contributed by atoms with Crippen LogP contribution in [0.25, 0.3) is 0 Å². The Bertz CT molecular complexity index is 452. The lowest BCUT2D eigenvalue weighted by Crippen LogP contribution is -2.37. The first-order chi connectivity index (χ1) is 10.2. The number of nitrogens with zero attached hydrogens (tertiary/aromatic N) is 2. The molecule has 0 saturated carbocycles. The van der Waals surface area contributed by atoms with Gasteiger partial charge in [0.1, 0.15) is 12.1 Å². The van der Waals surface area contributed by atoms with Gasteiger partial charge in [-0.15, -0.1) is 0 Å². The van der Waals surface area contributed by atoms with Gasteiger partial charge in [0.05, 0.1) is 0 Å². The predicted octanol–water partition coefficient (Wildman–Crippen LogP) is 1.36. The van der Waals surface area contributed by atoms with Gasteiger partial charge in [-0.25, -0.2) is 0 Å². The minimum atomic E-state index is -0.552. The van der Waals surface area contributed by atoms with E-state index in [2.05, 4.69) is 0 Å². The van der Waals surface area contributed by atoms with Crippen molar-refractivity contribution in [3.63, 3.8) is 0 Å². The molecule has 0 bridgehead atoms. The molecule has 1 heterocycles. The zero-order valence-corrected chi connectivity index (χ0v) is 13.9. The summed E-state index contributed by atoms with van der Waals surface area (Å²) in [7, 11) is 1.58. The lowest BCUT2D eigenvalue weighted by molar-refractivity contribution is -0.158. The molecule has 1 aliphatic rings. The molecule has 22 heavy (non-hydrogen) atoms. The minimum absolute atomic E-state index is 0.0541. The monoisotopic (exact) mass is 310 g/mol. The van der Waals surface area contributed by atoms with Gasteiger partial charge < -0.3 is 14.5 Å². The Labute approximate surface area is 132 Å². The molecule has 0 aliphatic carbocycles. The number of ether oxygens (including phenoxy) is 1. The van der Waals surface area contributed by atoms with Gasteiger partial charge in [-0.1, -0.05) is 12.2 Å². The second-order valence-corrected chi connectivity index (χ2v) is 6.46. The molecule has 1 rings (SSSR count). The maximum Gasteiger partial charge on any atom is 0.326 e. The molecular weight excluding hydrogens is 284 g/mol. The molecule has 0 spiro atoms. The lowest BCUT2D eigenvalue weighted by atomic mass is 10.2. The third-order valence-corrected chi connectivity index (χ3v) is 3.17. The van der Waals surface area contributed by atoms with Gasteiger partial charge in [0.2, 0.25) is 11.8 Å². The first-order valence-corrected chi connectivity index (χ1v) is 7.57. The summed E-state index contributed by atoms with van der Waals surface area (Å²) in [6, 6.07) is 0. The van der Waals surface area contributed by atoms with Crippen LogP contribution in [0.1, 0.15) is 40.0 Å². The number of likely N-dealkylation sites (N-methyl/N-ethyl adjacent to an activating group) is 1. The Morgan fingerprint density at radius 2 is 2.00 bits per heavy atom. The Morgan fingerprint density at radius 1 is 1.32 bits per heavy atom. The smallest absolute Gasteiger partial charge is 0.326 e. The van der Waals surface area contributed by atoms with E-state index in [1.165, 1.54) is 4.90 Å². The van der Waals surface area contributed by atoms with Crippen molar-refractivity contribution >= 4 is 17.8 Å². The zero-order chi connectivity index (χ0) is 16.8. The third kappa shape index (κ3) is 6.74. The van der Waals surface area contributed by atoms with Crippen LogP contribution >= 0.6 is 0 Å². The number of amides is 2. The fourth-order valence-electron chi connectivity index (χ4n) is 2.10. The maximum absolute atomic E-state index is 12.0. The number of carbonyl (C=O) groups is 3. The fraction of sp³-hybridized carbons (Fsp3) is 0.688. The Kier molecular flexibility index (Phi) is 6.59. The van der Waals surface area contributed by atoms with E-state index in [0.717, 1.165) is 0 Å². The molecule has 0 radical (unpaired) electrons. The van der Waals surface area contributed by atoms with E-state index in [0.29, 0.717) is 32.4 Å². The van der Waals surface area contributed by atoms with Crippen molar-refractivity contribution in [3.8, 4) is 0 Å². The lowest BCUT2D eigenvalue weighted by Gasteiger charge is -2.24. The van der Waals surface area contributed by atoms with Crippen LogP contribution < -0.4 is 0 Å². The Balaban J connectivity index is 2.28. The molecule has 1 aliphatic heterocycles. The van der Waals surface area contributed by atoms with Crippen molar-refractivity contribution in [2.75, 3.05) is 26.7 Å². The van der Waals surface area contributed by atoms with Crippen LogP contribution in [-0.2, 0) is 19.1 Å². The summed E-state index contributed by atoms with van der Waals surface area (Å²) in [6.45, 7) is 6.49. The van der Waals surface area contributed by atoms with Gasteiger partial charge in [-0.05, 0) is 27.2 Å². The highest BCUT2D eigenvalue weighted by Gasteiger charge is 2.20. The van der Waals surface area contributed by atoms with Gasteiger partial charge in [0.25, 0.3) is 0 Å². The molecule has 6 nitrogen and oxygen atoms in total. The van der Waals surface area contributed by atoms with Crippen molar-refractivity contribution in [3.05, 3.63) is 12.2 Å². The first kappa shape index (κ1) is 18.2. The number of rotatable bonds is 6. The highest BCUT2D eigenvalue weighted by atomic mass is 16.6. The average Bonchev–Trinajstić information content (AvgIpc) is 2.38. The molecule has 0 aromatic rings. The fourth-order valence-corrected chi connectivity index (χ4v) is 2.10. The van der Waals surface area contributed by atoms with Crippen molar-refractivity contribution in [1.82, 2.24) is 9.80 Å². The van der Waals surface area contributed by atoms with Gasteiger partial charge in [0, 0.05) is 33.0 Å². The number of hydrogen-bond donors (Lipinski definition) is 0. The zero-order valence-electron chi connectivity index (χ0n) is 13.9. The molecule has 0 saturated heterocycles. The van der Waals surface area contributed by atoms with E-state index in [1.807, 2.05) is 12.2 Å². The standard InChI is InChI=1S/C16H26N2O4/c1-16(2,3)22-15(21)12-17(4)13(19)9-7-11-18-10-6-5-8-14(18)20/h5-6H,7-12H2,1-4H3. The summed E-state index contributed by atoms with van der Waals surface area (Å²) >= 11 is 0. The molecule has 0 aromatic heterocycles. The van der Waals surface area contributed by atoms with Gasteiger partial charge in [0.15, 0.2) is 0 Å². The van der Waals surface area contributed by atoms with Crippen molar-refractivity contribution in [2.24, 2.45) is 0 Å². The molecule has 6 heteroatoms. The van der Waals surface area contributed by atoms with E-state index in [9.17, 15) is 14.4 Å². The molecule has 0 unspecified atom stereocenters. The Morgan fingerprint density at radius 3 is 2.59 bits per heavy atom. The van der Waals surface area contributed by atoms with E-state index < -0.39 is 11.6 Å². The highest BCUT2D eigenvalue weighted by Crippen LogP contribution is 2.08. The topological polar surface area (TPSA) is 66.9 Å². The summed E-state index contributed by atoms with van der Waals surface area (Å²) < 4.78 is 5.18. The number of esters is 1. The molecular formula is C16H26N2O4. The quantitative estimate of drug-likeness (QED) is 0.549. The van der Waals surface area contributed by atoms with Crippen molar-refractivity contribution < 1.29 is 19.1 Å². The second-order valence-electron chi connectivity index (χ2n) is 6.46. The predicted molar refractivity (Wildman–Crippen MR) is 83.1 cm³/mol. The van der Waals surface area contributed by atoms with Gasteiger partial charge in [-0.3, -0.25) is 14.4 Å². The van der Waals surface area contributed by atoms with Crippen LogP contribution in [0.15, 0.2) is 12.2 Å². The van der Waals surface area contributed by atoms with Gasteiger partial charge in [-0.2, -0.15) is 0 Å². The van der Waals surface area contributed by atoms with E-state index in [4.69, 9.17) is 4.74 Å². The van der Waals surface area contributed by atoms with Crippen molar-refractivity contribution in [2.45, 2.75) is 45.6 Å². The molecule has 0 N–H and O–H groups in total. The largest absolute Gasteiger partial charge is 0.459 e. The van der Waals surface area contributed by atoms with Crippen LogP contribution in [0.2, 0.25) is 0 Å². The van der Waals surface area contributed by atoms with E-state index in [-0.39, 0.29) is 18.4 Å². The Hall–Kier alpha value is -1.85. The van der Waals surface area contributed by atoms with Crippen LogP contribution in [0, 0.1) is 0 Å². The van der Waals surface area contributed by atoms with Crippen molar-refractivity contribution in [1.29, 1.82) is 0 Å². The number of carbonyl (C=O) groups excluding carboxylic acids is 3. The molecule has 2 amide bonds. The SMILES string of the molecule is CN(CC(=O)OC(C)(C)C)C(=O)CCCN1CC=CCC1=O. The van der Waals surface area contributed by atoms with Crippen LogP contribution in [0.5, 0.6) is 0 Å². The highest BCUT2D eigenvalue weighted by molar-refractivity contribution is 5.82. The minimum Gasteiger partial charge on any atom is -0.459 e. The van der Waals surface area contributed by atoms with E-state index in [1.54, 1.807) is 32.7 Å². The normalized spacial score (nSPS) is 14.9. The number of hydrogen-bond acceptors (Lipinski definition) is 4. The second kappa shape index (κ2) is 7.96. The van der Waals surface area contributed by atoms with Crippen LogP contribution in [0.3, 0.4) is 0 Å². The summed E-state index contributed by atoms with van der Waals surface area (Å²) in [5.41, 5.74) is -0.552. The third-order valence-electron chi connectivity index (χ3n) is 3.17. The molecule has 124 valence electrons. The van der Waals surface area contributed by atoms with Crippen LogP contribution in [0.4, 0.5) is 0 Å². The maximum atomic E-state index is 12.0. The van der Waals surface area contributed by atoms with Crippen LogP contribution in [-0.4, -0.2) is 59.9 Å². The summed E-state index contributed by atoms with van der Waals surface area (Å²) in [6.07, 6.45) is 5.16. The molecule has 0 aromatic carbocycles. The average molecular weight is 310 g/mol.